The van der Waals surface area contributed by atoms with E-state index in [4.69, 9.17) is 5.73 Å². The summed E-state index contributed by atoms with van der Waals surface area (Å²) in [5.74, 6) is 0. The Labute approximate surface area is 88.9 Å². The van der Waals surface area contributed by atoms with Gasteiger partial charge in [-0.1, -0.05) is 0 Å². The first-order valence-electron chi connectivity index (χ1n) is 5.14. The van der Waals surface area contributed by atoms with Gasteiger partial charge in [-0.2, -0.15) is 0 Å². The first kappa shape index (κ1) is 10.1. The van der Waals surface area contributed by atoms with Gasteiger partial charge in [0.1, 0.15) is 0 Å². The second kappa shape index (κ2) is 4.38. The summed E-state index contributed by atoms with van der Waals surface area (Å²) >= 11 is 1.73. The lowest BCUT2D eigenvalue weighted by atomic mass is 9.98. The predicted molar refractivity (Wildman–Crippen MR) is 59.2 cm³/mol. The maximum atomic E-state index is 6.04. The molecule has 2 unspecified atom stereocenters. The van der Waals surface area contributed by atoms with Gasteiger partial charge in [0.2, 0.25) is 0 Å². The molecular formula is C10H17N3S. The molecule has 1 aliphatic rings. The molecule has 14 heavy (non-hydrogen) atoms. The van der Waals surface area contributed by atoms with Crippen molar-refractivity contribution in [2.24, 2.45) is 5.73 Å². The minimum absolute atomic E-state index is 0.344. The first-order valence-corrected chi connectivity index (χ1v) is 6.02. The Morgan fingerprint density at radius 2 is 2.57 bits per heavy atom. The van der Waals surface area contributed by atoms with E-state index in [0.717, 1.165) is 6.54 Å². The van der Waals surface area contributed by atoms with Crippen LogP contribution in [-0.2, 0) is 6.54 Å². The maximum Gasteiger partial charge on any atom is 0.0794 e. The van der Waals surface area contributed by atoms with Gasteiger partial charge in [0, 0.05) is 29.7 Å². The first-order chi connectivity index (χ1) is 6.77. The van der Waals surface area contributed by atoms with Crippen LogP contribution in [0.4, 0.5) is 0 Å². The third-order valence-electron chi connectivity index (χ3n) is 3.02. The molecule has 0 bridgehead atoms. The van der Waals surface area contributed by atoms with Gasteiger partial charge in [-0.05, 0) is 26.3 Å². The zero-order valence-electron chi connectivity index (χ0n) is 8.52. The average Bonchev–Trinajstić information content (AvgIpc) is 2.66. The molecule has 0 saturated carbocycles. The normalized spacial score (nSPS) is 29.3. The molecule has 2 atom stereocenters. The van der Waals surface area contributed by atoms with Crippen LogP contribution in [0.3, 0.4) is 0 Å². The van der Waals surface area contributed by atoms with Crippen molar-refractivity contribution >= 4 is 11.3 Å². The van der Waals surface area contributed by atoms with E-state index in [-0.39, 0.29) is 0 Å². The van der Waals surface area contributed by atoms with E-state index in [9.17, 15) is 0 Å². The summed E-state index contributed by atoms with van der Waals surface area (Å²) in [6.45, 7) is 4.41. The number of likely N-dealkylation sites (tertiary alicyclic amines) is 1. The van der Waals surface area contributed by atoms with Crippen LogP contribution in [0.1, 0.15) is 24.6 Å². The zero-order valence-corrected chi connectivity index (χ0v) is 9.33. The van der Waals surface area contributed by atoms with E-state index in [0.29, 0.717) is 12.1 Å². The van der Waals surface area contributed by atoms with Gasteiger partial charge in [-0.25, -0.2) is 0 Å². The fourth-order valence-corrected chi connectivity index (χ4v) is 2.61. The summed E-state index contributed by atoms with van der Waals surface area (Å²) in [5.41, 5.74) is 7.94. The molecule has 4 heteroatoms. The second-order valence-electron chi connectivity index (χ2n) is 3.98. The molecule has 1 saturated heterocycles. The van der Waals surface area contributed by atoms with Gasteiger partial charge in [0.15, 0.2) is 0 Å². The predicted octanol–water partition coefficient (Wildman–Crippen LogP) is 1.45. The minimum atomic E-state index is 0.344. The van der Waals surface area contributed by atoms with E-state index in [2.05, 4.69) is 16.8 Å². The molecule has 1 aromatic rings. The second-order valence-corrected chi connectivity index (χ2v) is 4.96. The molecule has 2 N–H and O–H groups in total. The monoisotopic (exact) mass is 211 g/mol. The molecule has 2 rings (SSSR count). The highest BCUT2D eigenvalue weighted by atomic mass is 32.1. The molecule has 1 aromatic heterocycles. The van der Waals surface area contributed by atoms with E-state index in [1.165, 1.54) is 24.3 Å². The lowest BCUT2D eigenvalue weighted by Crippen LogP contribution is -2.49. The number of hydrogen-bond acceptors (Lipinski definition) is 4. The van der Waals surface area contributed by atoms with Crippen LogP contribution in [0.25, 0.3) is 0 Å². The zero-order chi connectivity index (χ0) is 9.97. The molecule has 2 heterocycles. The van der Waals surface area contributed by atoms with E-state index in [1.807, 2.05) is 11.7 Å². The SMILES string of the molecule is CC1C(N)CCCN1Cc1cncs1. The van der Waals surface area contributed by atoms with E-state index >= 15 is 0 Å². The van der Waals surface area contributed by atoms with Crippen molar-refractivity contribution in [3.05, 3.63) is 16.6 Å². The highest BCUT2D eigenvalue weighted by Crippen LogP contribution is 2.19. The summed E-state index contributed by atoms with van der Waals surface area (Å²) in [6.07, 6.45) is 4.35. The molecule has 0 aliphatic carbocycles. The molecule has 1 fully saturated rings. The van der Waals surface area contributed by atoms with Crippen molar-refractivity contribution in [2.75, 3.05) is 6.54 Å². The number of nitrogens with two attached hydrogens (primary N) is 1. The quantitative estimate of drug-likeness (QED) is 0.805. The van der Waals surface area contributed by atoms with Crippen molar-refractivity contribution in [3.8, 4) is 0 Å². The van der Waals surface area contributed by atoms with Crippen LogP contribution in [0.5, 0.6) is 0 Å². The standard InChI is InChI=1S/C10H17N3S/c1-8-10(11)3-2-4-13(8)6-9-5-12-7-14-9/h5,7-8,10H,2-4,6,11H2,1H3. The number of rotatable bonds is 2. The highest BCUT2D eigenvalue weighted by Gasteiger charge is 2.24. The number of hydrogen-bond donors (Lipinski definition) is 1. The molecule has 0 spiro atoms. The van der Waals surface area contributed by atoms with E-state index in [1.54, 1.807) is 11.3 Å². The fourth-order valence-electron chi connectivity index (χ4n) is 1.99. The van der Waals surface area contributed by atoms with Gasteiger partial charge in [0.25, 0.3) is 0 Å². The summed E-state index contributed by atoms with van der Waals surface area (Å²) in [5, 5.41) is 0. The van der Waals surface area contributed by atoms with Gasteiger partial charge >= 0.3 is 0 Å². The highest BCUT2D eigenvalue weighted by molar-refractivity contribution is 7.09. The summed E-state index contributed by atoms with van der Waals surface area (Å²) in [4.78, 5) is 7.89. The van der Waals surface area contributed by atoms with Crippen molar-refractivity contribution in [3.63, 3.8) is 0 Å². The average molecular weight is 211 g/mol. The fraction of sp³-hybridized carbons (Fsp3) is 0.700. The minimum Gasteiger partial charge on any atom is -0.326 e. The topological polar surface area (TPSA) is 42.1 Å². The number of thiazole rings is 1. The molecular weight excluding hydrogens is 194 g/mol. The molecule has 1 aliphatic heterocycles. The molecule has 0 amide bonds. The van der Waals surface area contributed by atoms with Gasteiger partial charge in [-0.15, -0.1) is 11.3 Å². The van der Waals surface area contributed by atoms with Crippen LogP contribution < -0.4 is 5.73 Å². The largest absolute Gasteiger partial charge is 0.326 e. The number of nitrogens with zero attached hydrogens (tertiary/aromatic N) is 2. The summed E-state index contributed by atoms with van der Waals surface area (Å²) in [6, 6.07) is 0.850. The molecule has 3 nitrogen and oxygen atoms in total. The molecule has 78 valence electrons. The summed E-state index contributed by atoms with van der Waals surface area (Å²) < 4.78 is 0. The third kappa shape index (κ3) is 2.13. The Balaban J connectivity index is 1.97. The maximum absolute atomic E-state index is 6.04. The molecule has 0 aromatic carbocycles. The Morgan fingerprint density at radius 3 is 3.29 bits per heavy atom. The Morgan fingerprint density at radius 1 is 1.71 bits per heavy atom. The van der Waals surface area contributed by atoms with Crippen LogP contribution in [0.15, 0.2) is 11.7 Å². The van der Waals surface area contributed by atoms with Crippen molar-refractivity contribution in [1.82, 2.24) is 9.88 Å². The Bertz CT molecular complexity index is 273. The number of piperidine rings is 1. The van der Waals surface area contributed by atoms with Crippen molar-refractivity contribution < 1.29 is 0 Å². The summed E-state index contributed by atoms with van der Waals surface area (Å²) in [7, 11) is 0. The Hall–Kier alpha value is -0.450. The van der Waals surface area contributed by atoms with Crippen LogP contribution in [0, 0.1) is 0 Å². The van der Waals surface area contributed by atoms with Gasteiger partial charge in [0.05, 0.1) is 5.51 Å². The third-order valence-corrected chi connectivity index (χ3v) is 3.79. The molecule has 0 radical (unpaired) electrons. The lowest BCUT2D eigenvalue weighted by Gasteiger charge is -2.37. The smallest absolute Gasteiger partial charge is 0.0794 e. The van der Waals surface area contributed by atoms with Gasteiger partial charge < -0.3 is 5.73 Å². The van der Waals surface area contributed by atoms with Crippen molar-refractivity contribution in [1.29, 1.82) is 0 Å². The Kier molecular flexibility index (Phi) is 3.15. The van der Waals surface area contributed by atoms with E-state index < -0.39 is 0 Å². The van der Waals surface area contributed by atoms with Gasteiger partial charge in [-0.3, -0.25) is 9.88 Å². The lowest BCUT2D eigenvalue weighted by molar-refractivity contribution is 0.134. The van der Waals surface area contributed by atoms with Crippen molar-refractivity contribution in [2.45, 2.75) is 38.4 Å². The number of aromatic nitrogens is 1. The van der Waals surface area contributed by atoms with Crippen LogP contribution in [-0.4, -0.2) is 28.5 Å². The van der Waals surface area contributed by atoms with Crippen LogP contribution in [0.2, 0.25) is 0 Å². The van der Waals surface area contributed by atoms with Crippen LogP contribution >= 0.6 is 11.3 Å².